The Morgan fingerprint density at radius 3 is 2.38 bits per heavy atom. The van der Waals surface area contributed by atoms with Crippen LogP contribution in [0.25, 0.3) is 0 Å². The van der Waals surface area contributed by atoms with E-state index in [1.165, 1.54) is 0 Å². The molecule has 0 spiro atoms. The summed E-state index contributed by atoms with van der Waals surface area (Å²) in [5.41, 5.74) is 0.847. The van der Waals surface area contributed by atoms with E-state index >= 15 is 0 Å². The van der Waals surface area contributed by atoms with Crippen molar-refractivity contribution in [2.24, 2.45) is 0 Å². The molecule has 0 radical (unpaired) electrons. The minimum absolute atomic E-state index is 0.0444. The third-order valence-corrected chi connectivity index (χ3v) is 4.18. The van der Waals surface area contributed by atoms with E-state index < -0.39 is 0 Å². The third-order valence-electron chi connectivity index (χ3n) is 3.46. The van der Waals surface area contributed by atoms with E-state index in [1.54, 1.807) is 14.2 Å². The van der Waals surface area contributed by atoms with E-state index in [9.17, 15) is 4.79 Å². The molecule has 24 heavy (non-hydrogen) atoms. The Bertz CT molecular complexity index is 688. The molecule has 1 atom stereocenters. The Labute approximate surface area is 155 Å². The Balaban J connectivity index is 1.97. The van der Waals surface area contributed by atoms with Crippen LogP contribution in [0.2, 0.25) is 0 Å². The molecule has 0 saturated heterocycles. The lowest BCUT2D eigenvalue weighted by atomic mass is 10.1. The van der Waals surface area contributed by atoms with Crippen LogP contribution in [0.4, 0.5) is 0 Å². The van der Waals surface area contributed by atoms with E-state index in [0.717, 1.165) is 9.13 Å². The molecule has 1 N–H and O–H groups in total. The highest BCUT2D eigenvalue weighted by molar-refractivity contribution is 14.1. The first kappa shape index (κ1) is 18.4. The van der Waals surface area contributed by atoms with Crippen molar-refractivity contribution < 1.29 is 19.0 Å². The molecule has 2 aromatic rings. The normalized spacial score (nSPS) is 11.5. The van der Waals surface area contributed by atoms with Crippen LogP contribution >= 0.6 is 22.6 Å². The summed E-state index contributed by atoms with van der Waals surface area (Å²) < 4.78 is 17.2. The standard InChI is InChI=1S/C18H20INO4/c1-12(16-10-15(22-2)8-9-17(16)23-3)20-18(21)11-24-14-6-4-13(19)5-7-14/h4-10,12H,11H2,1-3H3,(H,20,21). The molecule has 2 aromatic carbocycles. The highest BCUT2D eigenvalue weighted by atomic mass is 127. The van der Waals surface area contributed by atoms with Gasteiger partial charge in [0, 0.05) is 9.13 Å². The van der Waals surface area contributed by atoms with Crippen molar-refractivity contribution in [3.63, 3.8) is 0 Å². The van der Waals surface area contributed by atoms with Crippen molar-refractivity contribution in [2.75, 3.05) is 20.8 Å². The summed E-state index contributed by atoms with van der Waals surface area (Å²) in [7, 11) is 3.20. The van der Waals surface area contributed by atoms with Gasteiger partial charge in [-0.15, -0.1) is 0 Å². The van der Waals surface area contributed by atoms with Gasteiger partial charge < -0.3 is 19.5 Å². The van der Waals surface area contributed by atoms with Crippen molar-refractivity contribution in [3.8, 4) is 17.2 Å². The van der Waals surface area contributed by atoms with Gasteiger partial charge in [0.05, 0.1) is 20.3 Å². The van der Waals surface area contributed by atoms with Gasteiger partial charge >= 0.3 is 0 Å². The van der Waals surface area contributed by atoms with Gasteiger partial charge in [0.15, 0.2) is 6.61 Å². The fourth-order valence-corrected chi connectivity index (χ4v) is 2.58. The molecule has 6 heteroatoms. The topological polar surface area (TPSA) is 56.8 Å². The first-order valence-corrected chi connectivity index (χ1v) is 8.51. The van der Waals surface area contributed by atoms with E-state index in [2.05, 4.69) is 27.9 Å². The maximum atomic E-state index is 12.1. The number of amides is 1. The van der Waals surface area contributed by atoms with Crippen LogP contribution in [0.5, 0.6) is 17.2 Å². The smallest absolute Gasteiger partial charge is 0.258 e. The number of carbonyl (C=O) groups is 1. The van der Waals surface area contributed by atoms with Gasteiger partial charge in [-0.05, 0) is 72.0 Å². The zero-order valence-corrected chi connectivity index (χ0v) is 16.0. The molecule has 0 aliphatic carbocycles. The third kappa shape index (κ3) is 5.02. The van der Waals surface area contributed by atoms with Gasteiger partial charge in [-0.3, -0.25) is 4.79 Å². The summed E-state index contributed by atoms with van der Waals surface area (Å²) in [5.74, 6) is 1.87. The minimum Gasteiger partial charge on any atom is -0.497 e. The SMILES string of the molecule is COc1ccc(OC)c(C(C)NC(=O)COc2ccc(I)cc2)c1. The molecule has 0 aliphatic heterocycles. The van der Waals surface area contributed by atoms with Crippen molar-refractivity contribution in [2.45, 2.75) is 13.0 Å². The lowest BCUT2D eigenvalue weighted by molar-refractivity contribution is -0.123. The molecule has 0 aliphatic rings. The molecule has 128 valence electrons. The number of methoxy groups -OCH3 is 2. The molecule has 1 unspecified atom stereocenters. The molecule has 0 saturated carbocycles. The zero-order valence-electron chi connectivity index (χ0n) is 13.8. The number of hydrogen-bond acceptors (Lipinski definition) is 4. The van der Waals surface area contributed by atoms with Crippen LogP contribution < -0.4 is 19.5 Å². The summed E-state index contributed by atoms with van der Waals surface area (Å²) in [6, 6.07) is 12.8. The molecule has 0 aromatic heterocycles. The predicted octanol–water partition coefficient (Wildman–Crippen LogP) is 3.56. The Morgan fingerprint density at radius 1 is 1.08 bits per heavy atom. The fourth-order valence-electron chi connectivity index (χ4n) is 2.22. The number of nitrogens with one attached hydrogen (secondary N) is 1. The number of ether oxygens (including phenoxy) is 3. The van der Waals surface area contributed by atoms with Crippen molar-refractivity contribution in [3.05, 3.63) is 51.6 Å². The quantitative estimate of drug-likeness (QED) is 0.668. The van der Waals surface area contributed by atoms with E-state index in [-0.39, 0.29) is 18.6 Å². The van der Waals surface area contributed by atoms with Crippen LogP contribution in [0.15, 0.2) is 42.5 Å². The van der Waals surface area contributed by atoms with Crippen LogP contribution in [-0.2, 0) is 4.79 Å². The van der Waals surface area contributed by atoms with Gasteiger partial charge in [-0.25, -0.2) is 0 Å². The highest BCUT2D eigenvalue weighted by Crippen LogP contribution is 2.29. The van der Waals surface area contributed by atoms with Crippen molar-refractivity contribution in [1.29, 1.82) is 0 Å². The van der Waals surface area contributed by atoms with Gasteiger partial charge in [-0.1, -0.05) is 0 Å². The van der Waals surface area contributed by atoms with Crippen LogP contribution in [0.3, 0.4) is 0 Å². The second-order valence-electron chi connectivity index (χ2n) is 5.14. The molecule has 0 fully saturated rings. The van der Waals surface area contributed by atoms with Gasteiger partial charge in [-0.2, -0.15) is 0 Å². The maximum absolute atomic E-state index is 12.1. The van der Waals surface area contributed by atoms with Crippen molar-refractivity contribution in [1.82, 2.24) is 5.32 Å². The fraction of sp³-hybridized carbons (Fsp3) is 0.278. The van der Waals surface area contributed by atoms with Gasteiger partial charge in [0.2, 0.25) is 0 Å². The summed E-state index contributed by atoms with van der Waals surface area (Å²) in [4.78, 5) is 12.1. The van der Waals surface area contributed by atoms with Crippen LogP contribution in [-0.4, -0.2) is 26.7 Å². The lowest BCUT2D eigenvalue weighted by Gasteiger charge is -2.18. The first-order chi connectivity index (χ1) is 11.5. The molecule has 0 heterocycles. The van der Waals surface area contributed by atoms with E-state index in [1.807, 2.05) is 49.4 Å². The molecule has 1 amide bonds. The molecule has 0 bridgehead atoms. The molecular weight excluding hydrogens is 421 g/mol. The lowest BCUT2D eigenvalue weighted by Crippen LogP contribution is -2.31. The average molecular weight is 441 g/mol. The number of carbonyl (C=O) groups excluding carboxylic acids is 1. The Morgan fingerprint density at radius 2 is 1.75 bits per heavy atom. The molecular formula is C18H20INO4. The summed E-state index contributed by atoms with van der Waals surface area (Å²) in [5, 5.41) is 2.90. The Hall–Kier alpha value is -1.96. The number of rotatable bonds is 7. The largest absolute Gasteiger partial charge is 0.497 e. The van der Waals surface area contributed by atoms with E-state index in [4.69, 9.17) is 14.2 Å². The predicted molar refractivity (Wildman–Crippen MR) is 101 cm³/mol. The number of halogens is 1. The highest BCUT2D eigenvalue weighted by Gasteiger charge is 2.15. The number of hydrogen-bond donors (Lipinski definition) is 1. The number of benzene rings is 2. The summed E-state index contributed by atoms with van der Waals surface area (Å²) in [6.45, 7) is 1.84. The first-order valence-electron chi connectivity index (χ1n) is 7.43. The van der Waals surface area contributed by atoms with Gasteiger partial charge in [0.1, 0.15) is 17.2 Å². The monoisotopic (exact) mass is 441 g/mol. The van der Waals surface area contributed by atoms with Gasteiger partial charge in [0.25, 0.3) is 5.91 Å². The average Bonchev–Trinajstić information content (AvgIpc) is 2.60. The van der Waals surface area contributed by atoms with E-state index in [0.29, 0.717) is 17.2 Å². The van der Waals surface area contributed by atoms with Crippen molar-refractivity contribution >= 4 is 28.5 Å². The summed E-state index contributed by atoms with van der Waals surface area (Å²) in [6.07, 6.45) is 0. The summed E-state index contributed by atoms with van der Waals surface area (Å²) >= 11 is 2.22. The van der Waals surface area contributed by atoms with Crippen LogP contribution in [0.1, 0.15) is 18.5 Å². The Kier molecular flexibility index (Phi) is 6.72. The van der Waals surface area contributed by atoms with Crippen LogP contribution in [0, 0.1) is 3.57 Å². The second kappa shape index (κ2) is 8.77. The maximum Gasteiger partial charge on any atom is 0.258 e. The zero-order chi connectivity index (χ0) is 17.5. The molecule has 5 nitrogen and oxygen atoms in total. The second-order valence-corrected chi connectivity index (χ2v) is 6.39. The molecule has 2 rings (SSSR count). The minimum atomic E-state index is -0.233.